The summed E-state index contributed by atoms with van der Waals surface area (Å²) in [6.07, 6.45) is 38.5. The van der Waals surface area contributed by atoms with Crippen LogP contribution in [0, 0.1) is 0 Å². The van der Waals surface area contributed by atoms with Crippen LogP contribution in [-0.2, 0) is 32.7 Å². The highest BCUT2D eigenvalue weighted by Gasteiger charge is 2.21. The zero-order valence-electron chi connectivity index (χ0n) is 36.9. The highest BCUT2D eigenvalue weighted by Crippen LogP contribution is 2.38. The van der Waals surface area contributed by atoms with Crippen molar-refractivity contribution < 1.29 is 42.1 Å². The first-order valence-corrected chi connectivity index (χ1v) is 24.7. The number of hydrogen-bond donors (Lipinski definition) is 0. The number of nitrogens with zero attached hydrogens (tertiary/aromatic N) is 1. The Labute approximate surface area is 340 Å². The number of rotatable bonds is 43. The highest BCUT2D eigenvalue weighted by molar-refractivity contribution is 7.45. The van der Waals surface area contributed by atoms with Crippen LogP contribution in [0.25, 0.3) is 0 Å². The third kappa shape index (κ3) is 42.4. The third-order valence-corrected chi connectivity index (χ3v) is 11.3. The van der Waals surface area contributed by atoms with Gasteiger partial charge in [-0.05, 0) is 12.8 Å². The summed E-state index contributed by atoms with van der Waals surface area (Å²) in [5.41, 5.74) is 0. The number of quaternary nitrogens is 1. The average molecular weight is 804 g/mol. The van der Waals surface area contributed by atoms with Crippen LogP contribution in [0.3, 0.4) is 0 Å². The van der Waals surface area contributed by atoms with Crippen LogP contribution in [0.5, 0.6) is 0 Å². The summed E-state index contributed by atoms with van der Waals surface area (Å²) in [6.45, 7) is 4.25. The third-order valence-electron chi connectivity index (χ3n) is 10.4. The summed E-state index contributed by atoms with van der Waals surface area (Å²) in [5.74, 6) is -0.821. The number of carbonyl (C=O) groups excluding carboxylic acids is 2. The van der Waals surface area contributed by atoms with Crippen molar-refractivity contribution in [2.24, 2.45) is 0 Å². The summed E-state index contributed by atoms with van der Waals surface area (Å²) in [4.78, 5) is 37.5. The van der Waals surface area contributed by atoms with Gasteiger partial charge in [0.2, 0.25) is 0 Å². The molecule has 0 aliphatic heterocycles. The standard InChI is InChI=1S/C45H90NO8P/c1-6-8-10-12-14-16-18-19-20-21-22-23-24-25-26-27-28-30-32-34-36-38-45(48)54-43(42-53-55(49,50)52-40-39-46(3,4)5)41-51-44(47)37-35-33-31-29-17-15-13-11-9-7-2/h43H,6-42H2,1-5H3. The molecule has 0 N–H and O–H groups in total. The summed E-state index contributed by atoms with van der Waals surface area (Å²) in [5, 5.41) is 0. The molecule has 0 heterocycles. The van der Waals surface area contributed by atoms with Crippen molar-refractivity contribution in [1.29, 1.82) is 0 Å². The van der Waals surface area contributed by atoms with E-state index < -0.39 is 26.5 Å². The van der Waals surface area contributed by atoms with Gasteiger partial charge >= 0.3 is 11.9 Å². The molecule has 0 rings (SSSR count). The van der Waals surface area contributed by atoms with Crippen molar-refractivity contribution in [2.45, 2.75) is 232 Å². The zero-order chi connectivity index (χ0) is 40.7. The van der Waals surface area contributed by atoms with Gasteiger partial charge in [-0.2, -0.15) is 0 Å². The average Bonchev–Trinajstić information content (AvgIpc) is 3.13. The fourth-order valence-corrected chi connectivity index (χ4v) is 7.44. The molecule has 0 spiro atoms. The van der Waals surface area contributed by atoms with Crippen LogP contribution < -0.4 is 4.89 Å². The minimum atomic E-state index is -4.61. The highest BCUT2D eigenvalue weighted by atomic mass is 31.2. The molecule has 0 saturated heterocycles. The number of hydrogen-bond acceptors (Lipinski definition) is 8. The molecule has 0 aromatic rings. The minimum absolute atomic E-state index is 0.0257. The van der Waals surface area contributed by atoms with Gasteiger partial charge in [-0.25, -0.2) is 0 Å². The fraction of sp³-hybridized carbons (Fsp3) is 0.956. The van der Waals surface area contributed by atoms with Crippen molar-refractivity contribution in [2.75, 3.05) is 47.5 Å². The molecule has 0 saturated carbocycles. The molecule has 0 fully saturated rings. The first-order valence-electron chi connectivity index (χ1n) is 23.2. The first kappa shape index (κ1) is 54.0. The smallest absolute Gasteiger partial charge is 0.306 e. The van der Waals surface area contributed by atoms with Gasteiger partial charge in [-0.1, -0.05) is 200 Å². The van der Waals surface area contributed by atoms with Gasteiger partial charge in [0.05, 0.1) is 27.7 Å². The lowest BCUT2D eigenvalue weighted by Crippen LogP contribution is -2.37. The summed E-state index contributed by atoms with van der Waals surface area (Å²) >= 11 is 0. The Kier molecular flexibility index (Phi) is 37.8. The van der Waals surface area contributed by atoms with Crippen molar-refractivity contribution in [1.82, 2.24) is 0 Å². The molecule has 55 heavy (non-hydrogen) atoms. The lowest BCUT2D eigenvalue weighted by atomic mass is 10.0. The Morgan fingerprint density at radius 3 is 1.16 bits per heavy atom. The van der Waals surface area contributed by atoms with Crippen molar-refractivity contribution >= 4 is 19.8 Å². The maximum absolute atomic E-state index is 12.7. The van der Waals surface area contributed by atoms with Crippen LogP contribution in [-0.4, -0.2) is 70.0 Å². The van der Waals surface area contributed by atoms with E-state index in [1.807, 2.05) is 21.1 Å². The van der Waals surface area contributed by atoms with E-state index in [1.165, 1.54) is 161 Å². The lowest BCUT2D eigenvalue weighted by Gasteiger charge is -2.28. The molecule has 2 unspecified atom stereocenters. The van der Waals surface area contributed by atoms with E-state index in [4.69, 9.17) is 18.5 Å². The Balaban J connectivity index is 4.19. The van der Waals surface area contributed by atoms with Crippen molar-refractivity contribution in [3.63, 3.8) is 0 Å². The number of likely N-dealkylation sites (N-methyl/N-ethyl adjacent to an activating group) is 1. The number of phosphoric acid groups is 1. The normalized spacial score (nSPS) is 13.5. The molecular formula is C45H90NO8P. The lowest BCUT2D eigenvalue weighted by molar-refractivity contribution is -0.870. The largest absolute Gasteiger partial charge is 0.756 e. The quantitative estimate of drug-likeness (QED) is 0.0259. The molecule has 9 nitrogen and oxygen atoms in total. The van der Waals surface area contributed by atoms with Gasteiger partial charge < -0.3 is 27.9 Å². The van der Waals surface area contributed by atoms with Gasteiger partial charge in [-0.15, -0.1) is 0 Å². The van der Waals surface area contributed by atoms with Gasteiger partial charge in [0.15, 0.2) is 6.10 Å². The molecule has 2 atom stereocenters. The van der Waals surface area contributed by atoms with Crippen LogP contribution in [0.2, 0.25) is 0 Å². The Bertz CT molecular complexity index is 912. The van der Waals surface area contributed by atoms with Crippen molar-refractivity contribution in [3.05, 3.63) is 0 Å². The summed E-state index contributed by atoms with van der Waals surface area (Å²) in [7, 11) is 1.18. The second-order valence-electron chi connectivity index (χ2n) is 17.1. The van der Waals surface area contributed by atoms with E-state index >= 15 is 0 Å². The number of ether oxygens (including phenoxy) is 2. The van der Waals surface area contributed by atoms with E-state index in [2.05, 4.69) is 13.8 Å². The van der Waals surface area contributed by atoms with E-state index in [0.29, 0.717) is 17.4 Å². The number of phosphoric ester groups is 1. The summed E-state index contributed by atoms with van der Waals surface area (Å²) in [6, 6.07) is 0. The Morgan fingerprint density at radius 1 is 0.491 bits per heavy atom. The number of unbranched alkanes of at least 4 members (excludes halogenated alkanes) is 29. The molecule has 0 aliphatic rings. The predicted molar refractivity (Wildman–Crippen MR) is 227 cm³/mol. The molecule has 0 aromatic carbocycles. The van der Waals surface area contributed by atoms with E-state index in [-0.39, 0.29) is 32.0 Å². The molecule has 0 bridgehead atoms. The van der Waals surface area contributed by atoms with Crippen LogP contribution in [0.1, 0.15) is 226 Å². The Hall–Kier alpha value is -0.990. The van der Waals surface area contributed by atoms with Crippen LogP contribution in [0.4, 0.5) is 0 Å². The van der Waals surface area contributed by atoms with Gasteiger partial charge in [0.25, 0.3) is 7.82 Å². The number of esters is 2. The van der Waals surface area contributed by atoms with E-state index in [9.17, 15) is 19.0 Å². The van der Waals surface area contributed by atoms with Crippen molar-refractivity contribution in [3.8, 4) is 0 Å². The minimum Gasteiger partial charge on any atom is -0.756 e. The molecule has 10 heteroatoms. The predicted octanol–water partition coefficient (Wildman–Crippen LogP) is 12.6. The second kappa shape index (κ2) is 38.5. The van der Waals surface area contributed by atoms with E-state index in [1.54, 1.807) is 0 Å². The maximum Gasteiger partial charge on any atom is 0.306 e. The molecule has 0 radical (unpaired) electrons. The molecular weight excluding hydrogens is 713 g/mol. The maximum atomic E-state index is 12.7. The molecule has 328 valence electrons. The first-order chi connectivity index (χ1) is 26.5. The van der Waals surface area contributed by atoms with Crippen LogP contribution in [0.15, 0.2) is 0 Å². The summed E-state index contributed by atoms with van der Waals surface area (Å²) < 4.78 is 33.9. The molecule has 0 aliphatic carbocycles. The molecule has 0 aromatic heterocycles. The second-order valence-corrected chi connectivity index (χ2v) is 18.5. The Morgan fingerprint density at radius 2 is 0.818 bits per heavy atom. The monoisotopic (exact) mass is 804 g/mol. The SMILES string of the molecule is CCCCCCCCCCCCCCCCCCCCCCCC(=O)OC(COC(=O)CCCCCCCCCCCC)COP(=O)([O-])OCC[N+](C)(C)C. The zero-order valence-corrected chi connectivity index (χ0v) is 37.8. The van der Waals surface area contributed by atoms with Gasteiger partial charge in [0, 0.05) is 12.8 Å². The van der Waals surface area contributed by atoms with Crippen LogP contribution >= 0.6 is 7.82 Å². The molecule has 0 amide bonds. The van der Waals surface area contributed by atoms with Gasteiger partial charge in [-0.3, -0.25) is 14.2 Å². The van der Waals surface area contributed by atoms with Gasteiger partial charge in [0.1, 0.15) is 19.8 Å². The van der Waals surface area contributed by atoms with E-state index in [0.717, 1.165) is 32.1 Å². The number of carbonyl (C=O) groups is 2. The topological polar surface area (TPSA) is 111 Å². The fourth-order valence-electron chi connectivity index (χ4n) is 6.72.